The number of hydrogen-bond donors (Lipinski definition) is 1. The third kappa shape index (κ3) is 3.18. The highest BCUT2D eigenvalue weighted by Crippen LogP contribution is 2.21. The van der Waals surface area contributed by atoms with Crippen molar-refractivity contribution < 1.29 is 9.13 Å². The molecule has 94 valence electrons. The first kappa shape index (κ1) is 12.8. The van der Waals surface area contributed by atoms with Crippen molar-refractivity contribution in [3.63, 3.8) is 0 Å². The summed E-state index contributed by atoms with van der Waals surface area (Å²) in [6.45, 7) is 4.21. The van der Waals surface area contributed by atoms with Crippen molar-refractivity contribution in [1.29, 1.82) is 0 Å². The summed E-state index contributed by atoms with van der Waals surface area (Å²) in [4.78, 5) is 0. The average molecular weight is 258 g/mol. The molecule has 0 radical (unpaired) electrons. The fourth-order valence-corrected chi connectivity index (χ4v) is 2.36. The van der Waals surface area contributed by atoms with Crippen molar-refractivity contribution in [1.82, 2.24) is 5.32 Å². The number of benzene rings is 1. The third-order valence-electron chi connectivity index (χ3n) is 3.30. The van der Waals surface area contributed by atoms with Crippen LogP contribution in [0, 0.1) is 11.7 Å². The highest BCUT2D eigenvalue weighted by molar-refractivity contribution is 6.31. The molecular formula is C13H17ClFNO. The molecule has 1 aliphatic rings. The average Bonchev–Trinajstić information content (AvgIpc) is 2.69. The van der Waals surface area contributed by atoms with Gasteiger partial charge < -0.3 is 10.1 Å². The Morgan fingerprint density at radius 1 is 1.53 bits per heavy atom. The van der Waals surface area contributed by atoms with Crippen LogP contribution in [0.1, 0.15) is 18.9 Å². The second-order valence-corrected chi connectivity index (χ2v) is 4.86. The summed E-state index contributed by atoms with van der Waals surface area (Å²) >= 11 is 5.95. The molecule has 2 rings (SSSR count). The van der Waals surface area contributed by atoms with Crippen LogP contribution in [0.4, 0.5) is 4.39 Å². The Morgan fingerprint density at radius 3 is 3.00 bits per heavy atom. The van der Waals surface area contributed by atoms with E-state index in [1.165, 1.54) is 6.07 Å². The SMILES string of the molecule is CC1OCCC1CNCc1c(F)cccc1Cl. The predicted octanol–water partition coefficient (Wildman–Crippen LogP) is 2.99. The Bertz CT molecular complexity index is 365. The van der Waals surface area contributed by atoms with Crippen molar-refractivity contribution in [2.45, 2.75) is 26.0 Å². The zero-order valence-corrected chi connectivity index (χ0v) is 10.6. The Labute approximate surface area is 106 Å². The largest absolute Gasteiger partial charge is 0.378 e. The van der Waals surface area contributed by atoms with Crippen molar-refractivity contribution in [2.24, 2.45) is 5.92 Å². The van der Waals surface area contributed by atoms with Gasteiger partial charge in [-0.3, -0.25) is 0 Å². The summed E-state index contributed by atoms with van der Waals surface area (Å²) in [6, 6.07) is 4.77. The van der Waals surface area contributed by atoms with E-state index in [2.05, 4.69) is 12.2 Å². The Kier molecular flexibility index (Phi) is 4.37. The lowest BCUT2D eigenvalue weighted by molar-refractivity contribution is 0.105. The molecule has 4 heteroatoms. The molecule has 1 saturated heterocycles. The van der Waals surface area contributed by atoms with E-state index in [1.54, 1.807) is 12.1 Å². The summed E-state index contributed by atoms with van der Waals surface area (Å²) in [6.07, 6.45) is 1.36. The molecule has 1 N–H and O–H groups in total. The molecule has 0 aromatic heterocycles. The molecule has 1 aliphatic heterocycles. The standard InChI is InChI=1S/C13H17ClFNO/c1-9-10(5-6-17-9)7-16-8-11-12(14)3-2-4-13(11)15/h2-4,9-10,16H,5-8H2,1H3. The van der Waals surface area contributed by atoms with E-state index in [1.807, 2.05) is 0 Å². The first-order valence-corrected chi connectivity index (χ1v) is 6.31. The van der Waals surface area contributed by atoms with Gasteiger partial charge in [0.05, 0.1) is 6.10 Å². The van der Waals surface area contributed by atoms with Gasteiger partial charge in [0.15, 0.2) is 0 Å². The van der Waals surface area contributed by atoms with Gasteiger partial charge in [-0.25, -0.2) is 4.39 Å². The molecule has 1 fully saturated rings. The van der Waals surface area contributed by atoms with Crippen LogP contribution in [0.15, 0.2) is 18.2 Å². The van der Waals surface area contributed by atoms with E-state index in [0.29, 0.717) is 29.2 Å². The van der Waals surface area contributed by atoms with Crippen LogP contribution in [-0.4, -0.2) is 19.3 Å². The van der Waals surface area contributed by atoms with Gasteiger partial charge in [-0.1, -0.05) is 17.7 Å². The van der Waals surface area contributed by atoms with Crippen molar-refractivity contribution >= 4 is 11.6 Å². The van der Waals surface area contributed by atoms with Crippen LogP contribution in [0.5, 0.6) is 0 Å². The lowest BCUT2D eigenvalue weighted by atomic mass is 10.0. The Hall–Kier alpha value is -0.640. The summed E-state index contributed by atoms with van der Waals surface area (Å²) in [5.41, 5.74) is 0.542. The Morgan fingerprint density at radius 2 is 2.35 bits per heavy atom. The second kappa shape index (κ2) is 5.80. The minimum Gasteiger partial charge on any atom is -0.378 e. The molecule has 0 amide bonds. The Balaban J connectivity index is 1.86. The zero-order valence-electron chi connectivity index (χ0n) is 9.88. The maximum Gasteiger partial charge on any atom is 0.129 e. The quantitative estimate of drug-likeness (QED) is 0.895. The smallest absolute Gasteiger partial charge is 0.129 e. The van der Waals surface area contributed by atoms with E-state index in [-0.39, 0.29) is 5.82 Å². The lowest BCUT2D eigenvalue weighted by Gasteiger charge is -2.15. The van der Waals surface area contributed by atoms with Gasteiger partial charge in [0, 0.05) is 30.3 Å². The number of nitrogens with one attached hydrogen (secondary N) is 1. The molecule has 2 atom stereocenters. The van der Waals surface area contributed by atoms with Gasteiger partial charge in [0.1, 0.15) is 5.82 Å². The van der Waals surface area contributed by atoms with Gasteiger partial charge in [-0.15, -0.1) is 0 Å². The third-order valence-corrected chi connectivity index (χ3v) is 3.66. The van der Waals surface area contributed by atoms with Crippen LogP contribution in [-0.2, 0) is 11.3 Å². The molecule has 0 bridgehead atoms. The number of ether oxygens (including phenoxy) is 1. The molecule has 1 heterocycles. The lowest BCUT2D eigenvalue weighted by Crippen LogP contribution is -2.27. The maximum atomic E-state index is 13.5. The van der Waals surface area contributed by atoms with Crippen molar-refractivity contribution in [3.05, 3.63) is 34.6 Å². The van der Waals surface area contributed by atoms with E-state index in [9.17, 15) is 4.39 Å². The van der Waals surface area contributed by atoms with Crippen LogP contribution < -0.4 is 5.32 Å². The molecule has 17 heavy (non-hydrogen) atoms. The summed E-state index contributed by atoms with van der Waals surface area (Å²) < 4.78 is 19.0. The number of hydrogen-bond acceptors (Lipinski definition) is 2. The molecule has 0 saturated carbocycles. The fourth-order valence-electron chi connectivity index (χ4n) is 2.13. The van der Waals surface area contributed by atoms with Gasteiger partial charge >= 0.3 is 0 Å². The minimum atomic E-state index is -0.249. The van der Waals surface area contributed by atoms with Crippen LogP contribution in [0.3, 0.4) is 0 Å². The molecule has 1 aromatic carbocycles. The van der Waals surface area contributed by atoms with Crippen LogP contribution >= 0.6 is 11.6 Å². The second-order valence-electron chi connectivity index (χ2n) is 4.46. The van der Waals surface area contributed by atoms with Crippen molar-refractivity contribution in [2.75, 3.05) is 13.2 Å². The normalized spacial score (nSPS) is 24.2. The predicted molar refractivity (Wildman–Crippen MR) is 66.6 cm³/mol. The van der Waals surface area contributed by atoms with Gasteiger partial charge in [0.25, 0.3) is 0 Å². The van der Waals surface area contributed by atoms with E-state index < -0.39 is 0 Å². The molecule has 2 nitrogen and oxygen atoms in total. The molecule has 2 unspecified atom stereocenters. The summed E-state index contributed by atoms with van der Waals surface area (Å²) in [5.74, 6) is 0.265. The van der Waals surface area contributed by atoms with Crippen LogP contribution in [0.25, 0.3) is 0 Å². The molecule has 1 aromatic rings. The van der Waals surface area contributed by atoms with E-state index in [0.717, 1.165) is 19.6 Å². The summed E-state index contributed by atoms with van der Waals surface area (Å²) in [7, 11) is 0. The maximum absolute atomic E-state index is 13.5. The van der Waals surface area contributed by atoms with Crippen LogP contribution in [0.2, 0.25) is 5.02 Å². The highest BCUT2D eigenvalue weighted by Gasteiger charge is 2.23. The highest BCUT2D eigenvalue weighted by atomic mass is 35.5. The molecule has 0 aliphatic carbocycles. The minimum absolute atomic E-state index is 0.249. The van der Waals surface area contributed by atoms with Gasteiger partial charge in [-0.2, -0.15) is 0 Å². The van der Waals surface area contributed by atoms with Gasteiger partial charge in [0.2, 0.25) is 0 Å². The fraction of sp³-hybridized carbons (Fsp3) is 0.538. The first-order chi connectivity index (χ1) is 8.18. The monoisotopic (exact) mass is 257 g/mol. The molecule has 0 spiro atoms. The van der Waals surface area contributed by atoms with Gasteiger partial charge in [-0.05, 0) is 31.4 Å². The number of rotatable bonds is 4. The molecular weight excluding hydrogens is 241 g/mol. The topological polar surface area (TPSA) is 21.3 Å². The van der Waals surface area contributed by atoms with Crippen molar-refractivity contribution in [3.8, 4) is 0 Å². The summed E-state index contributed by atoms with van der Waals surface area (Å²) in [5, 5.41) is 3.73. The number of halogens is 2. The zero-order chi connectivity index (χ0) is 12.3. The van der Waals surface area contributed by atoms with E-state index >= 15 is 0 Å². The first-order valence-electron chi connectivity index (χ1n) is 5.93. The van der Waals surface area contributed by atoms with E-state index in [4.69, 9.17) is 16.3 Å².